The zero-order valence-corrected chi connectivity index (χ0v) is 13.5. The van der Waals surface area contributed by atoms with Gasteiger partial charge in [0, 0.05) is 42.3 Å². The van der Waals surface area contributed by atoms with Gasteiger partial charge in [0.15, 0.2) is 0 Å². The molecule has 0 aliphatic carbocycles. The number of anilines is 1. The minimum Gasteiger partial charge on any atom is -0.467 e. The van der Waals surface area contributed by atoms with Crippen LogP contribution in [0.1, 0.15) is 11.1 Å². The third-order valence-corrected chi connectivity index (χ3v) is 3.66. The molecule has 0 aliphatic rings. The number of nitrogens with zero attached hydrogens (tertiary/aromatic N) is 6. The van der Waals surface area contributed by atoms with E-state index in [-0.39, 0.29) is 11.8 Å². The van der Waals surface area contributed by atoms with Gasteiger partial charge >= 0.3 is 6.01 Å². The van der Waals surface area contributed by atoms with E-state index < -0.39 is 0 Å². The number of ether oxygens (including phenoxy) is 1. The summed E-state index contributed by atoms with van der Waals surface area (Å²) in [6.45, 7) is 1.88. The van der Waals surface area contributed by atoms with Crippen molar-refractivity contribution in [1.82, 2.24) is 24.7 Å². The molecule has 24 heavy (non-hydrogen) atoms. The van der Waals surface area contributed by atoms with Gasteiger partial charge in [-0.3, -0.25) is 4.68 Å². The third kappa shape index (κ3) is 2.52. The van der Waals surface area contributed by atoms with E-state index >= 15 is 0 Å². The highest BCUT2D eigenvalue weighted by Gasteiger charge is 2.19. The van der Waals surface area contributed by atoms with Crippen molar-refractivity contribution in [2.75, 3.05) is 12.8 Å². The van der Waals surface area contributed by atoms with Gasteiger partial charge in [0.1, 0.15) is 17.5 Å². The zero-order valence-electron chi connectivity index (χ0n) is 13.5. The first-order valence-corrected chi connectivity index (χ1v) is 7.10. The van der Waals surface area contributed by atoms with E-state index in [1.165, 1.54) is 7.11 Å². The number of methoxy groups -OCH3 is 1. The summed E-state index contributed by atoms with van der Waals surface area (Å²) in [5, 5.41) is 13.7. The molecule has 3 aromatic heterocycles. The fourth-order valence-corrected chi connectivity index (χ4v) is 2.54. The first-order chi connectivity index (χ1) is 11.5. The number of hydrogen-bond acceptors (Lipinski definition) is 7. The third-order valence-electron chi connectivity index (χ3n) is 3.66. The van der Waals surface area contributed by atoms with Crippen molar-refractivity contribution in [3.63, 3.8) is 0 Å². The number of nitriles is 1. The Bertz CT molecular complexity index is 938. The minimum absolute atomic E-state index is 0.160. The van der Waals surface area contributed by atoms with Crippen LogP contribution in [0.3, 0.4) is 0 Å². The lowest BCUT2D eigenvalue weighted by Crippen LogP contribution is -2.03. The maximum Gasteiger partial charge on any atom is 0.316 e. The van der Waals surface area contributed by atoms with Gasteiger partial charge in [0.2, 0.25) is 0 Å². The average Bonchev–Trinajstić information content (AvgIpc) is 3.02. The molecule has 2 N–H and O–H groups in total. The van der Waals surface area contributed by atoms with Gasteiger partial charge in [-0.15, -0.1) is 0 Å². The van der Waals surface area contributed by atoms with Gasteiger partial charge in [-0.2, -0.15) is 10.4 Å². The maximum absolute atomic E-state index is 9.50. The second-order valence-electron chi connectivity index (χ2n) is 5.19. The van der Waals surface area contributed by atoms with Gasteiger partial charge in [-0.05, 0) is 12.5 Å². The van der Waals surface area contributed by atoms with Crippen molar-refractivity contribution < 1.29 is 4.74 Å². The lowest BCUT2D eigenvalue weighted by atomic mass is 9.95. The molecule has 8 nitrogen and oxygen atoms in total. The van der Waals surface area contributed by atoms with Crippen molar-refractivity contribution in [3.8, 4) is 34.5 Å². The van der Waals surface area contributed by atoms with Crippen molar-refractivity contribution in [3.05, 3.63) is 35.9 Å². The monoisotopic (exact) mass is 321 g/mol. The molecule has 0 unspecified atom stereocenters. The molecule has 0 radical (unpaired) electrons. The van der Waals surface area contributed by atoms with Crippen LogP contribution in [0, 0.1) is 18.3 Å². The summed E-state index contributed by atoms with van der Waals surface area (Å²) in [5.74, 6) is 0.160. The van der Waals surface area contributed by atoms with Crippen molar-refractivity contribution in [2.24, 2.45) is 7.05 Å². The van der Waals surface area contributed by atoms with Gasteiger partial charge in [0.25, 0.3) is 0 Å². The van der Waals surface area contributed by atoms with Gasteiger partial charge in [0.05, 0.1) is 19.0 Å². The molecule has 0 saturated heterocycles. The summed E-state index contributed by atoms with van der Waals surface area (Å²) in [7, 11) is 3.32. The number of rotatable bonds is 3. The Morgan fingerprint density at radius 2 is 1.92 bits per heavy atom. The lowest BCUT2D eigenvalue weighted by molar-refractivity contribution is 0.380. The van der Waals surface area contributed by atoms with Crippen LogP contribution in [0.4, 0.5) is 5.82 Å². The number of hydrogen-bond donors (Lipinski definition) is 1. The Kier molecular flexibility index (Phi) is 3.83. The Balaban J connectivity index is 2.26. The summed E-state index contributed by atoms with van der Waals surface area (Å²) in [5.41, 5.74) is 9.94. The van der Waals surface area contributed by atoms with Crippen LogP contribution < -0.4 is 10.5 Å². The Labute approximate surface area is 138 Å². The molecule has 0 spiro atoms. The molecular formula is C16H15N7O. The SMILES string of the molecule is COc1ncc(-c2c(C)c(-c3cnn(C)c3)nc(N)c2C#N)cn1. The second kappa shape index (κ2) is 5.96. The summed E-state index contributed by atoms with van der Waals surface area (Å²) in [6.07, 6.45) is 6.74. The number of aromatic nitrogens is 5. The quantitative estimate of drug-likeness (QED) is 0.780. The Morgan fingerprint density at radius 3 is 2.46 bits per heavy atom. The van der Waals surface area contributed by atoms with Crippen LogP contribution >= 0.6 is 0 Å². The molecule has 0 aromatic carbocycles. The van der Waals surface area contributed by atoms with Crippen LogP contribution in [0.5, 0.6) is 6.01 Å². The van der Waals surface area contributed by atoms with E-state index in [1.807, 2.05) is 20.2 Å². The molecule has 0 fully saturated rings. The highest BCUT2D eigenvalue weighted by atomic mass is 16.5. The summed E-state index contributed by atoms with van der Waals surface area (Å²) in [4.78, 5) is 12.6. The fraction of sp³-hybridized carbons (Fsp3) is 0.188. The van der Waals surface area contributed by atoms with Crippen molar-refractivity contribution >= 4 is 5.82 Å². The molecule has 0 aliphatic heterocycles. The molecule has 8 heteroatoms. The predicted molar refractivity (Wildman–Crippen MR) is 87.9 cm³/mol. The van der Waals surface area contributed by atoms with E-state index in [9.17, 15) is 5.26 Å². The zero-order chi connectivity index (χ0) is 17.3. The summed E-state index contributed by atoms with van der Waals surface area (Å²) < 4.78 is 6.66. The molecule has 3 heterocycles. The van der Waals surface area contributed by atoms with Gasteiger partial charge in [-0.1, -0.05) is 0 Å². The summed E-state index contributed by atoms with van der Waals surface area (Å²) in [6, 6.07) is 2.37. The molecule has 0 amide bonds. The first kappa shape index (κ1) is 15.4. The van der Waals surface area contributed by atoms with Gasteiger partial charge in [-0.25, -0.2) is 15.0 Å². The highest BCUT2D eigenvalue weighted by molar-refractivity contribution is 5.83. The van der Waals surface area contributed by atoms with Crippen LogP contribution in [0.15, 0.2) is 24.8 Å². The minimum atomic E-state index is 0.160. The van der Waals surface area contributed by atoms with Crippen molar-refractivity contribution in [1.29, 1.82) is 5.26 Å². The standard InChI is InChI=1S/C16H15N7O/c1-9-13(10-5-19-16(24-3)20-6-10)12(4-17)15(18)22-14(9)11-7-21-23(2)8-11/h5-8H,1-3H3,(H2,18,22). The molecule has 0 bridgehead atoms. The van der Waals surface area contributed by atoms with E-state index in [0.717, 1.165) is 11.1 Å². The van der Waals surface area contributed by atoms with Gasteiger partial charge < -0.3 is 10.5 Å². The molecule has 120 valence electrons. The lowest BCUT2D eigenvalue weighted by Gasteiger charge is -2.13. The topological polar surface area (TPSA) is 116 Å². The van der Waals surface area contributed by atoms with E-state index in [2.05, 4.69) is 26.1 Å². The fourth-order valence-electron chi connectivity index (χ4n) is 2.54. The van der Waals surface area contributed by atoms with E-state index in [0.29, 0.717) is 22.4 Å². The molecule has 0 atom stereocenters. The van der Waals surface area contributed by atoms with E-state index in [4.69, 9.17) is 10.5 Å². The average molecular weight is 321 g/mol. The Morgan fingerprint density at radius 1 is 1.21 bits per heavy atom. The number of nitrogen functional groups attached to an aromatic ring is 1. The molecule has 3 aromatic rings. The number of pyridine rings is 1. The van der Waals surface area contributed by atoms with Crippen molar-refractivity contribution in [2.45, 2.75) is 6.92 Å². The largest absolute Gasteiger partial charge is 0.467 e. The second-order valence-corrected chi connectivity index (χ2v) is 5.19. The van der Waals surface area contributed by atoms with Crippen LogP contribution in [0.2, 0.25) is 0 Å². The van der Waals surface area contributed by atoms with Crippen LogP contribution in [-0.2, 0) is 7.05 Å². The maximum atomic E-state index is 9.50. The molecule has 3 rings (SSSR count). The first-order valence-electron chi connectivity index (χ1n) is 7.10. The van der Waals surface area contributed by atoms with Crippen LogP contribution in [0.25, 0.3) is 22.4 Å². The summed E-state index contributed by atoms with van der Waals surface area (Å²) >= 11 is 0. The smallest absolute Gasteiger partial charge is 0.316 e. The molecule has 0 saturated carbocycles. The highest BCUT2D eigenvalue weighted by Crippen LogP contribution is 2.35. The van der Waals surface area contributed by atoms with Crippen LogP contribution in [-0.4, -0.2) is 31.8 Å². The number of nitrogens with two attached hydrogens (primary N) is 1. The van der Waals surface area contributed by atoms with E-state index in [1.54, 1.807) is 23.3 Å². The Hall–Kier alpha value is -3.47. The predicted octanol–water partition coefficient (Wildman–Crippen LogP) is 1.71. The molecular weight excluding hydrogens is 306 g/mol. The normalized spacial score (nSPS) is 10.4. The number of aryl methyl sites for hydroxylation is 1.